The molecule has 2 aliphatic carbocycles. The number of fused-ring (bicyclic) bond motifs is 2. The third-order valence-electron chi connectivity index (χ3n) is 10.1. The van der Waals surface area contributed by atoms with Crippen molar-refractivity contribution in [2.75, 3.05) is 13.2 Å². The zero-order chi connectivity index (χ0) is 35.6. The number of nitrogens with zero attached hydrogens (tertiary/aromatic N) is 3. The van der Waals surface area contributed by atoms with Crippen molar-refractivity contribution in [2.45, 2.75) is 97.9 Å². The van der Waals surface area contributed by atoms with E-state index in [1.54, 1.807) is 0 Å². The fourth-order valence-electron chi connectivity index (χ4n) is 7.35. The van der Waals surface area contributed by atoms with E-state index in [4.69, 9.17) is 14.2 Å². The Morgan fingerprint density at radius 1 is 1.12 bits per heavy atom. The number of benzene rings is 1. The third-order valence-corrected chi connectivity index (χ3v) is 10.1. The van der Waals surface area contributed by atoms with E-state index >= 15 is 0 Å². The van der Waals surface area contributed by atoms with Gasteiger partial charge in [0.05, 0.1) is 24.2 Å². The molecule has 0 bridgehead atoms. The minimum Gasteiger partial charge on any atom is -0.471 e. The van der Waals surface area contributed by atoms with Crippen molar-refractivity contribution in [2.24, 2.45) is 35.0 Å². The van der Waals surface area contributed by atoms with Gasteiger partial charge >= 0.3 is 12.1 Å². The molecule has 1 N–H and O–H groups in total. The second-order valence-electron chi connectivity index (χ2n) is 15.4. The van der Waals surface area contributed by atoms with E-state index in [0.29, 0.717) is 34.5 Å². The van der Waals surface area contributed by atoms with Crippen molar-refractivity contribution in [3.05, 3.63) is 48.9 Å². The smallest absolute Gasteiger partial charge is 0.408 e. The summed E-state index contributed by atoms with van der Waals surface area (Å²) in [5, 5.41) is 2.88. The summed E-state index contributed by atoms with van der Waals surface area (Å²) in [6.07, 6.45) is 6.81. The Kier molecular flexibility index (Phi) is 11.0. The lowest BCUT2D eigenvalue weighted by Crippen LogP contribution is -2.57. The molecule has 1 aliphatic heterocycles. The number of hydrogen-bond acceptors (Lipinski definition) is 8. The van der Waals surface area contributed by atoms with Crippen molar-refractivity contribution in [1.82, 2.24) is 20.2 Å². The lowest BCUT2D eigenvalue weighted by molar-refractivity contribution is -0.156. The van der Waals surface area contributed by atoms with Crippen LogP contribution in [-0.2, 0) is 19.1 Å². The van der Waals surface area contributed by atoms with E-state index < -0.39 is 53.3 Å². The number of halogens is 1. The fourth-order valence-corrected chi connectivity index (χ4v) is 7.35. The molecule has 266 valence electrons. The monoisotopic (exact) mass is 678 g/mol. The molecule has 49 heavy (non-hydrogen) atoms. The van der Waals surface area contributed by atoms with Gasteiger partial charge < -0.3 is 24.4 Å². The Morgan fingerprint density at radius 2 is 1.88 bits per heavy atom. The minimum atomic E-state index is -1.01. The van der Waals surface area contributed by atoms with Crippen LogP contribution in [0.25, 0.3) is 17.1 Å². The second kappa shape index (κ2) is 14.8. The highest BCUT2D eigenvalue weighted by Crippen LogP contribution is 2.57. The number of carbonyl (C=O) groups is 3. The molecule has 5 rings (SSSR count). The summed E-state index contributed by atoms with van der Waals surface area (Å²) >= 11 is 0. The van der Waals surface area contributed by atoms with Crippen molar-refractivity contribution >= 4 is 35.1 Å². The van der Waals surface area contributed by atoms with Gasteiger partial charge in [-0.25, -0.2) is 23.9 Å². The van der Waals surface area contributed by atoms with Gasteiger partial charge in [-0.2, -0.15) is 0 Å². The van der Waals surface area contributed by atoms with E-state index in [-0.39, 0.29) is 31.1 Å². The molecule has 1 aromatic heterocycles. The standard InChI is InChI=1S/C38H51FN4O6/c1-9-11-12-13-25-26-16-23(26)17-30(25)49-37(46)42-33(38(6,7)8)35(44)43-19-31(22(5)32(43)36(45)47-20-21(3)4)48-34-27(10-2)40-28-15-14-24(39)18-29(28)41-34/h9-10,14-15,18,21-23,25-26,30-33H,1-2,11-13,16-17,19-20H2,3-8H3,(H,42,46)/t22-,23?,25-,26+,30-,31+,32+,33-/m1/s1. The number of amides is 2. The number of ether oxygens (including phenoxy) is 3. The summed E-state index contributed by atoms with van der Waals surface area (Å²) in [4.78, 5) is 52.0. The predicted molar refractivity (Wildman–Crippen MR) is 185 cm³/mol. The van der Waals surface area contributed by atoms with Crippen LogP contribution in [0.2, 0.25) is 0 Å². The third kappa shape index (κ3) is 8.24. The number of carbonyl (C=O) groups excluding carboxylic acids is 3. The Labute approximate surface area is 288 Å². The van der Waals surface area contributed by atoms with Gasteiger partial charge in [-0.3, -0.25) is 4.79 Å². The Hall–Kier alpha value is -4.02. The number of aromatic nitrogens is 2. The number of unbranched alkanes of at least 4 members (excludes halogenated alkanes) is 1. The van der Waals surface area contributed by atoms with Gasteiger partial charge in [-0.15, -0.1) is 6.58 Å². The van der Waals surface area contributed by atoms with Gasteiger partial charge in [0, 0.05) is 12.0 Å². The van der Waals surface area contributed by atoms with E-state index in [9.17, 15) is 18.8 Å². The number of nitrogens with one attached hydrogen (secondary N) is 1. The number of likely N-dealkylation sites (tertiary alicyclic amines) is 1. The van der Waals surface area contributed by atoms with Crippen LogP contribution in [0.15, 0.2) is 37.4 Å². The highest BCUT2D eigenvalue weighted by molar-refractivity contribution is 5.91. The summed E-state index contributed by atoms with van der Waals surface area (Å²) in [6.45, 7) is 19.1. The van der Waals surface area contributed by atoms with Crippen molar-refractivity contribution in [3.63, 3.8) is 0 Å². The number of rotatable bonds is 13. The van der Waals surface area contributed by atoms with Gasteiger partial charge in [0.2, 0.25) is 11.8 Å². The van der Waals surface area contributed by atoms with Gasteiger partial charge in [0.25, 0.3) is 0 Å². The maximum absolute atomic E-state index is 14.5. The van der Waals surface area contributed by atoms with E-state index in [1.807, 2.05) is 47.6 Å². The maximum atomic E-state index is 14.5. The van der Waals surface area contributed by atoms with Crippen LogP contribution < -0.4 is 10.1 Å². The molecule has 0 radical (unpaired) electrons. The summed E-state index contributed by atoms with van der Waals surface area (Å²) < 4.78 is 32.1. The molecule has 2 heterocycles. The average Bonchev–Trinajstić information content (AvgIpc) is 3.61. The molecule has 2 aromatic rings. The van der Waals surface area contributed by atoms with Crippen LogP contribution in [0, 0.1) is 40.8 Å². The van der Waals surface area contributed by atoms with Gasteiger partial charge in [-0.05, 0) is 79.4 Å². The molecule has 8 atom stereocenters. The van der Waals surface area contributed by atoms with Crippen molar-refractivity contribution < 1.29 is 33.0 Å². The Morgan fingerprint density at radius 3 is 2.55 bits per heavy atom. The number of hydrogen-bond donors (Lipinski definition) is 1. The van der Waals surface area contributed by atoms with Crippen molar-refractivity contribution in [1.29, 1.82) is 0 Å². The van der Waals surface area contributed by atoms with E-state index in [2.05, 4.69) is 28.4 Å². The zero-order valence-corrected chi connectivity index (χ0v) is 29.6. The molecule has 0 spiro atoms. The van der Waals surface area contributed by atoms with Gasteiger partial charge in [-0.1, -0.05) is 54.2 Å². The summed E-state index contributed by atoms with van der Waals surface area (Å²) in [5.41, 5.74) is 0.388. The molecule has 10 nitrogen and oxygen atoms in total. The average molecular weight is 679 g/mol. The molecule has 2 amide bonds. The minimum absolute atomic E-state index is 0.0154. The molecule has 3 aliphatic rings. The SMILES string of the molecule is C=CCCC[C@H]1[C@H](OC(=O)N[C@H](C(=O)N2C[C@H](Oc3nc4cc(F)ccc4nc3C=C)[C@@H](C)[C@H]2C(=O)OCC(C)C)C(C)(C)C)CC2C[C@@H]21. The highest BCUT2D eigenvalue weighted by Gasteiger charge is 2.55. The molecule has 11 heteroatoms. The molecule has 1 saturated heterocycles. The van der Waals surface area contributed by atoms with Crippen LogP contribution in [-0.4, -0.2) is 70.3 Å². The van der Waals surface area contributed by atoms with E-state index in [0.717, 1.165) is 25.7 Å². The topological polar surface area (TPSA) is 120 Å². The zero-order valence-electron chi connectivity index (χ0n) is 29.6. The fraction of sp³-hybridized carbons (Fsp3) is 0.605. The van der Waals surface area contributed by atoms with E-state index in [1.165, 1.54) is 35.6 Å². The molecule has 1 unspecified atom stereocenters. The second-order valence-corrected chi connectivity index (χ2v) is 15.4. The summed E-state index contributed by atoms with van der Waals surface area (Å²) in [7, 11) is 0. The number of alkyl carbamates (subject to hydrolysis) is 1. The van der Waals surface area contributed by atoms with Gasteiger partial charge in [0.15, 0.2) is 0 Å². The molecule has 1 aromatic carbocycles. The first-order valence-corrected chi connectivity index (χ1v) is 17.5. The van der Waals surface area contributed by atoms with Crippen LogP contribution in [0.3, 0.4) is 0 Å². The van der Waals surface area contributed by atoms with Crippen molar-refractivity contribution in [3.8, 4) is 5.88 Å². The Balaban J connectivity index is 1.37. The largest absolute Gasteiger partial charge is 0.471 e. The van der Waals surface area contributed by atoms with Crippen LogP contribution in [0.4, 0.5) is 9.18 Å². The number of esters is 1. The molecular weight excluding hydrogens is 627 g/mol. The first-order valence-electron chi connectivity index (χ1n) is 17.5. The molecule has 2 saturated carbocycles. The summed E-state index contributed by atoms with van der Waals surface area (Å²) in [5.74, 6) is -0.296. The van der Waals surface area contributed by atoms with Crippen LogP contribution in [0.1, 0.15) is 79.3 Å². The maximum Gasteiger partial charge on any atom is 0.408 e. The highest BCUT2D eigenvalue weighted by atomic mass is 19.1. The number of allylic oxidation sites excluding steroid dienone is 1. The van der Waals surface area contributed by atoms with Crippen LogP contribution in [0.5, 0.6) is 5.88 Å². The molecule has 3 fully saturated rings. The normalized spacial score (nSPS) is 26.6. The Bertz CT molecular complexity index is 1570. The quantitative estimate of drug-likeness (QED) is 0.141. The summed E-state index contributed by atoms with van der Waals surface area (Å²) in [6, 6.07) is 2.09. The first-order chi connectivity index (χ1) is 23.2. The van der Waals surface area contributed by atoms with Gasteiger partial charge in [0.1, 0.15) is 35.8 Å². The predicted octanol–water partition coefficient (Wildman–Crippen LogP) is 6.73. The lowest BCUT2D eigenvalue weighted by atomic mass is 9.85. The molecular formula is C38H51FN4O6. The lowest BCUT2D eigenvalue weighted by Gasteiger charge is -2.35. The first kappa shape index (κ1) is 36.3. The van der Waals surface area contributed by atoms with Crippen LogP contribution >= 0.6 is 0 Å².